The van der Waals surface area contributed by atoms with Crippen molar-refractivity contribution < 1.29 is 9.53 Å². The van der Waals surface area contributed by atoms with Crippen LogP contribution in [-0.2, 0) is 11.3 Å². The molecule has 0 radical (unpaired) electrons. The Labute approximate surface area is 179 Å². The number of anilines is 1. The lowest BCUT2D eigenvalue weighted by Gasteiger charge is -2.43. The molecule has 2 saturated heterocycles. The topological polar surface area (TPSA) is 74.3 Å². The Morgan fingerprint density at radius 1 is 1.03 bits per heavy atom. The van der Waals surface area contributed by atoms with Gasteiger partial charge in [-0.25, -0.2) is 9.78 Å². The molecule has 7 nitrogen and oxygen atoms in total. The van der Waals surface area contributed by atoms with E-state index in [9.17, 15) is 4.79 Å². The van der Waals surface area contributed by atoms with E-state index in [1.54, 1.807) is 0 Å². The van der Waals surface area contributed by atoms with E-state index in [1.165, 1.54) is 0 Å². The Morgan fingerprint density at radius 2 is 1.87 bits per heavy atom. The molecule has 4 heterocycles. The highest BCUT2D eigenvalue weighted by molar-refractivity contribution is 5.83. The number of benzene rings is 2. The first-order chi connectivity index (χ1) is 15.2. The van der Waals surface area contributed by atoms with Crippen LogP contribution in [0.25, 0.3) is 21.9 Å². The number of H-pyrrole nitrogens is 1. The van der Waals surface area contributed by atoms with Gasteiger partial charge in [0.05, 0.1) is 29.3 Å². The number of cyclic esters (lactones) is 1. The number of piperidine rings is 1. The van der Waals surface area contributed by atoms with Gasteiger partial charge in [0.1, 0.15) is 12.4 Å². The molecule has 2 fully saturated rings. The standard InChI is InChI=1S/C24H23N5O2/c30-23-29(15-17-4-3-7-19-18(17)8-11-25-19)24(16-31-23)9-12-28(13-10-24)22-14-26-20-5-1-2-6-21(20)27-22/h1-8,11,14,25H,9-10,12-13,15-16H2. The number of rotatable bonds is 3. The number of ether oxygens (including phenoxy) is 1. The van der Waals surface area contributed by atoms with Crippen molar-refractivity contribution >= 4 is 33.8 Å². The monoisotopic (exact) mass is 413 g/mol. The van der Waals surface area contributed by atoms with Gasteiger partial charge in [-0.1, -0.05) is 24.3 Å². The van der Waals surface area contributed by atoms with Gasteiger partial charge >= 0.3 is 6.09 Å². The molecule has 1 N–H and O–H groups in total. The molecule has 0 saturated carbocycles. The van der Waals surface area contributed by atoms with Crippen LogP contribution in [0, 0.1) is 0 Å². The van der Waals surface area contributed by atoms with E-state index in [-0.39, 0.29) is 11.6 Å². The Morgan fingerprint density at radius 3 is 2.74 bits per heavy atom. The van der Waals surface area contributed by atoms with Gasteiger partial charge in [-0.15, -0.1) is 0 Å². The van der Waals surface area contributed by atoms with Gasteiger partial charge in [-0.05, 0) is 42.7 Å². The summed E-state index contributed by atoms with van der Waals surface area (Å²) < 4.78 is 5.56. The largest absolute Gasteiger partial charge is 0.447 e. The summed E-state index contributed by atoms with van der Waals surface area (Å²) in [6.07, 6.45) is 5.26. The van der Waals surface area contributed by atoms with Gasteiger partial charge in [0.25, 0.3) is 0 Å². The van der Waals surface area contributed by atoms with E-state index in [1.807, 2.05) is 47.6 Å². The Balaban J connectivity index is 1.24. The minimum atomic E-state index is -0.268. The Kier molecular flexibility index (Phi) is 4.09. The highest BCUT2D eigenvalue weighted by Gasteiger charge is 2.49. The number of carbonyl (C=O) groups excluding carboxylic acids is 1. The fraction of sp³-hybridized carbons (Fsp3) is 0.292. The average Bonchev–Trinajstić information content (AvgIpc) is 3.41. The second kappa shape index (κ2) is 6.97. The molecule has 0 atom stereocenters. The van der Waals surface area contributed by atoms with Crippen molar-refractivity contribution in [1.82, 2.24) is 19.9 Å². The van der Waals surface area contributed by atoms with Crippen LogP contribution in [-0.4, -0.2) is 51.2 Å². The molecular weight excluding hydrogens is 390 g/mol. The summed E-state index contributed by atoms with van der Waals surface area (Å²) in [4.78, 5) is 29.5. The quantitative estimate of drug-likeness (QED) is 0.547. The molecule has 6 rings (SSSR count). The average molecular weight is 413 g/mol. The van der Waals surface area contributed by atoms with Crippen molar-refractivity contribution in [2.75, 3.05) is 24.6 Å². The number of carbonyl (C=O) groups is 1. The molecule has 156 valence electrons. The third-order valence-electron chi connectivity index (χ3n) is 6.72. The van der Waals surface area contributed by atoms with E-state index in [4.69, 9.17) is 9.72 Å². The normalized spacial score (nSPS) is 18.3. The van der Waals surface area contributed by atoms with Crippen molar-refractivity contribution in [3.05, 3.63) is 66.5 Å². The van der Waals surface area contributed by atoms with Gasteiger partial charge < -0.3 is 14.6 Å². The van der Waals surface area contributed by atoms with E-state index in [2.05, 4.69) is 33.1 Å². The number of hydrogen-bond acceptors (Lipinski definition) is 5. The Bertz CT molecular complexity index is 1280. The zero-order chi connectivity index (χ0) is 20.8. The minimum Gasteiger partial charge on any atom is -0.447 e. The van der Waals surface area contributed by atoms with Crippen molar-refractivity contribution in [2.45, 2.75) is 24.9 Å². The van der Waals surface area contributed by atoms with Crippen LogP contribution in [0.2, 0.25) is 0 Å². The number of nitrogens with one attached hydrogen (secondary N) is 1. The predicted molar refractivity (Wildman–Crippen MR) is 119 cm³/mol. The summed E-state index contributed by atoms with van der Waals surface area (Å²) in [6, 6.07) is 16.2. The minimum absolute atomic E-state index is 0.216. The zero-order valence-electron chi connectivity index (χ0n) is 17.1. The summed E-state index contributed by atoms with van der Waals surface area (Å²) in [5, 5.41) is 1.15. The molecule has 1 spiro atoms. The predicted octanol–water partition coefficient (Wildman–Crippen LogP) is 4.10. The van der Waals surface area contributed by atoms with Gasteiger partial charge in [-0.3, -0.25) is 9.88 Å². The highest BCUT2D eigenvalue weighted by atomic mass is 16.6. The van der Waals surface area contributed by atoms with Crippen molar-refractivity contribution in [3.63, 3.8) is 0 Å². The molecular formula is C24H23N5O2. The van der Waals surface area contributed by atoms with Crippen LogP contribution < -0.4 is 4.90 Å². The van der Waals surface area contributed by atoms with E-state index >= 15 is 0 Å². The molecule has 0 bridgehead atoms. The number of fused-ring (bicyclic) bond motifs is 2. The number of amides is 1. The molecule has 2 aliphatic rings. The maximum absolute atomic E-state index is 12.7. The lowest BCUT2D eigenvalue weighted by molar-refractivity contribution is 0.126. The summed E-state index contributed by atoms with van der Waals surface area (Å²) in [5.41, 5.74) is 3.76. The number of hydrogen-bond donors (Lipinski definition) is 1. The first kappa shape index (κ1) is 18.2. The zero-order valence-corrected chi connectivity index (χ0v) is 17.1. The Hall–Kier alpha value is -3.61. The number of nitrogens with zero attached hydrogens (tertiary/aromatic N) is 4. The molecule has 1 amide bonds. The first-order valence-corrected chi connectivity index (χ1v) is 10.7. The van der Waals surface area contributed by atoms with Crippen LogP contribution >= 0.6 is 0 Å². The van der Waals surface area contributed by atoms with E-state index < -0.39 is 0 Å². The second-order valence-corrected chi connectivity index (χ2v) is 8.43. The number of aromatic nitrogens is 3. The van der Waals surface area contributed by atoms with E-state index in [0.717, 1.165) is 59.2 Å². The third kappa shape index (κ3) is 3.00. The molecule has 2 aromatic carbocycles. The van der Waals surface area contributed by atoms with Crippen molar-refractivity contribution in [1.29, 1.82) is 0 Å². The maximum atomic E-state index is 12.7. The summed E-state index contributed by atoms with van der Waals surface area (Å²) in [6.45, 7) is 2.64. The van der Waals surface area contributed by atoms with Crippen LogP contribution in [0.1, 0.15) is 18.4 Å². The lowest BCUT2D eigenvalue weighted by Crippen LogP contribution is -2.54. The lowest BCUT2D eigenvalue weighted by atomic mass is 9.87. The van der Waals surface area contributed by atoms with Crippen LogP contribution in [0.5, 0.6) is 0 Å². The molecule has 4 aromatic rings. The smallest absolute Gasteiger partial charge is 0.410 e. The molecule has 0 unspecified atom stereocenters. The van der Waals surface area contributed by atoms with E-state index in [0.29, 0.717) is 13.2 Å². The van der Waals surface area contributed by atoms with Gasteiger partial charge in [0.2, 0.25) is 0 Å². The van der Waals surface area contributed by atoms with Crippen LogP contribution in [0.15, 0.2) is 60.9 Å². The van der Waals surface area contributed by atoms with Gasteiger partial charge in [-0.2, -0.15) is 0 Å². The SMILES string of the molecule is O=C1OCC2(CCN(c3cnc4ccccc4n3)CC2)N1Cc1cccc2[nH]ccc12. The fourth-order valence-electron chi connectivity index (χ4n) is 4.90. The van der Waals surface area contributed by atoms with Crippen LogP contribution in [0.3, 0.4) is 0 Å². The highest BCUT2D eigenvalue weighted by Crippen LogP contribution is 2.37. The fourth-order valence-corrected chi connectivity index (χ4v) is 4.90. The summed E-state index contributed by atoms with van der Waals surface area (Å²) >= 11 is 0. The first-order valence-electron chi connectivity index (χ1n) is 10.7. The molecule has 2 aliphatic heterocycles. The van der Waals surface area contributed by atoms with Crippen molar-refractivity contribution in [2.24, 2.45) is 0 Å². The van der Waals surface area contributed by atoms with Gasteiger partial charge in [0, 0.05) is 30.2 Å². The number of aromatic amines is 1. The molecule has 2 aromatic heterocycles. The molecule has 0 aliphatic carbocycles. The number of para-hydroxylation sites is 2. The maximum Gasteiger partial charge on any atom is 0.410 e. The van der Waals surface area contributed by atoms with Crippen molar-refractivity contribution in [3.8, 4) is 0 Å². The summed E-state index contributed by atoms with van der Waals surface area (Å²) in [5.74, 6) is 0.891. The molecule has 31 heavy (non-hydrogen) atoms. The second-order valence-electron chi connectivity index (χ2n) is 8.43. The van der Waals surface area contributed by atoms with Crippen LogP contribution in [0.4, 0.5) is 10.6 Å². The third-order valence-corrected chi connectivity index (χ3v) is 6.72. The van der Waals surface area contributed by atoms with Gasteiger partial charge in [0.15, 0.2) is 0 Å². The molecule has 7 heteroatoms. The summed E-state index contributed by atoms with van der Waals surface area (Å²) in [7, 11) is 0.